The predicted octanol–water partition coefficient (Wildman–Crippen LogP) is 4.45. The van der Waals surface area contributed by atoms with Crippen molar-refractivity contribution in [2.24, 2.45) is 0 Å². The van der Waals surface area contributed by atoms with E-state index in [4.69, 9.17) is 21.8 Å². The lowest BCUT2D eigenvalue weighted by atomic mass is 10.2. The minimum Gasteiger partial charge on any atom is -0.541 e. The van der Waals surface area contributed by atoms with Crippen LogP contribution < -0.4 is 10.2 Å². The van der Waals surface area contributed by atoms with Gasteiger partial charge in [-0.15, -0.1) is 0 Å². The van der Waals surface area contributed by atoms with Crippen molar-refractivity contribution in [1.29, 1.82) is 0 Å². The number of anilines is 1. The third-order valence-electron chi connectivity index (χ3n) is 3.20. The maximum atomic E-state index is 13.8. The molecule has 0 saturated carbocycles. The highest BCUT2D eigenvalue weighted by Crippen LogP contribution is 2.39. The molecule has 1 aromatic rings. The van der Waals surface area contributed by atoms with Gasteiger partial charge in [-0.25, -0.2) is 4.39 Å². The first-order valence-electron chi connectivity index (χ1n) is 5.48. The summed E-state index contributed by atoms with van der Waals surface area (Å²) in [7, 11) is -2.08. The lowest BCUT2D eigenvalue weighted by molar-refractivity contribution is 0.458. The Balaban J connectivity index is 3.12. The Hall–Kier alpha value is -0.743. The Bertz CT molecular complexity index is 429. The van der Waals surface area contributed by atoms with Gasteiger partial charge >= 0.3 is 0 Å². The molecule has 2 N–H and O–H groups in total. The molecule has 0 aliphatic carbocycles. The summed E-state index contributed by atoms with van der Waals surface area (Å²) < 4.78 is 19.7. The number of hydrogen-bond donors (Lipinski definition) is 1. The molecule has 0 fully saturated rings. The summed E-state index contributed by atoms with van der Waals surface area (Å²) in [5.74, 6) is -0.374. The summed E-state index contributed by atoms with van der Waals surface area (Å²) in [6.45, 7) is 10.4. The van der Waals surface area contributed by atoms with Crippen molar-refractivity contribution in [2.75, 3.05) is 5.73 Å². The third-order valence-corrected chi connectivity index (χ3v) is 7.76. The summed E-state index contributed by atoms with van der Waals surface area (Å²) in [4.78, 5) is 0. The van der Waals surface area contributed by atoms with Gasteiger partial charge in [-0.1, -0.05) is 32.4 Å². The van der Waals surface area contributed by atoms with Crippen LogP contribution in [0.3, 0.4) is 0 Å². The van der Waals surface area contributed by atoms with E-state index in [-0.39, 0.29) is 16.5 Å². The fraction of sp³-hybridized carbons (Fsp3) is 0.500. The van der Waals surface area contributed by atoms with Crippen LogP contribution in [0.1, 0.15) is 20.8 Å². The molecule has 0 heterocycles. The molecule has 0 aliphatic heterocycles. The number of nitrogen functional groups attached to an aromatic ring is 1. The number of benzene rings is 1. The van der Waals surface area contributed by atoms with Crippen molar-refractivity contribution in [3.8, 4) is 5.75 Å². The van der Waals surface area contributed by atoms with Crippen LogP contribution in [0.5, 0.6) is 5.75 Å². The maximum Gasteiger partial charge on any atom is 0.250 e. The van der Waals surface area contributed by atoms with Gasteiger partial charge in [0.1, 0.15) is 5.75 Å². The van der Waals surface area contributed by atoms with Crippen molar-refractivity contribution in [2.45, 2.75) is 38.9 Å². The molecule has 0 amide bonds. The molecule has 0 bridgehead atoms. The highest BCUT2D eigenvalue weighted by molar-refractivity contribution is 6.74. The summed E-state index contributed by atoms with van der Waals surface area (Å²) in [6.07, 6.45) is 0. The fourth-order valence-electron chi connectivity index (χ4n) is 1.09. The molecular weight excluding hydrogens is 257 g/mol. The summed E-state index contributed by atoms with van der Waals surface area (Å²) in [5, 5.41) is 0.383. The van der Waals surface area contributed by atoms with Crippen molar-refractivity contribution in [1.82, 2.24) is 0 Å². The van der Waals surface area contributed by atoms with E-state index >= 15 is 0 Å². The molecule has 0 spiro atoms. The number of hydrogen-bond acceptors (Lipinski definition) is 2. The molecule has 0 saturated heterocycles. The van der Waals surface area contributed by atoms with Crippen LogP contribution in [-0.4, -0.2) is 8.32 Å². The molecule has 2 nitrogen and oxygen atoms in total. The van der Waals surface area contributed by atoms with E-state index in [1.165, 1.54) is 12.1 Å². The lowest BCUT2D eigenvalue weighted by Crippen LogP contribution is -2.44. The van der Waals surface area contributed by atoms with Gasteiger partial charge in [-0.05, 0) is 24.2 Å². The van der Waals surface area contributed by atoms with Gasteiger partial charge in [-0.2, -0.15) is 0 Å². The molecule has 0 unspecified atom stereocenters. The molecule has 0 aromatic heterocycles. The standard InChI is InChI=1S/C12H19ClFNOSi/c1-12(2,3)17(4,5)16-10-7-8(13)6-9(15)11(10)14/h6-7H,15H2,1-5H3. The van der Waals surface area contributed by atoms with E-state index in [2.05, 4.69) is 20.8 Å². The van der Waals surface area contributed by atoms with E-state index in [0.717, 1.165) is 0 Å². The molecule has 1 aromatic carbocycles. The highest BCUT2D eigenvalue weighted by atomic mass is 35.5. The minimum atomic E-state index is -2.08. The van der Waals surface area contributed by atoms with E-state index in [1.807, 2.05) is 13.1 Å². The number of halogens is 2. The molecule has 5 heteroatoms. The van der Waals surface area contributed by atoms with Crippen LogP contribution in [-0.2, 0) is 0 Å². The minimum absolute atomic E-state index is 0.00345. The highest BCUT2D eigenvalue weighted by Gasteiger charge is 2.39. The second-order valence-corrected chi connectivity index (χ2v) is 10.8. The summed E-state index contributed by atoms with van der Waals surface area (Å²) in [5.41, 5.74) is 5.55. The van der Waals surface area contributed by atoms with Crippen LogP contribution in [0, 0.1) is 5.82 Å². The molecule has 96 valence electrons. The van der Waals surface area contributed by atoms with Crippen LogP contribution in [0.25, 0.3) is 0 Å². The quantitative estimate of drug-likeness (QED) is 0.639. The zero-order valence-corrected chi connectivity index (χ0v) is 12.7. The first-order chi connectivity index (χ1) is 7.54. The zero-order valence-electron chi connectivity index (χ0n) is 10.9. The Kier molecular flexibility index (Phi) is 3.79. The van der Waals surface area contributed by atoms with Gasteiger partial charge < -0.3 is 10.2 Å². The first-order valence-corrected chi connectivity index (χ1v) is 8.77. The Morgan fingerprint density at radius 3 is 2.29 bits per heavy atom. The van der Waals surface area contributed by atoms with Crippen molar-refractivity contribution >= 4 is 25.6 Å². The second kappa shape index (κ2) is 4.50. The van der Waals surface area contributed by atoms with Crippen LogP contribution in [0.4, 0.5) is 10.1 Å². The maximum absolute atomic E-state index is 13.8. The monoisotopic (exact) mass is 275 g/mol. The average molecular weight is 276 g/mol. The first kappa shape index (κ1) is 14.3. The molecule has 0 atom stereocenters. The van der Waals surface area contributed by atoms with E-state index in [9.17, 15) is 4.39 Å². The summed E-state index contributed by atoms with van der Waals surface area (Å²) >= 11 is 5.85. The van der Waals surface area contributed by atoms with Gasteiger partial charge in [-0.3, -0.25) is 0 Å². The van der Waals surface area contributed by atoms with Gasteiger partial charge in [0.25, 0.3) is 8.32 Å². The third kappa shape index (κ3) is 3.13. The SMILES string of the molecule is CC(C)(C)[Si](C)(C)Oc1cc(Cl)cc(N)c1F. The molecular formula is C12H19ClFNOSi. The number of nitrogens with two attached hydrogens (primary N) is 1. The van der Waals surface area contributed by atoms with Gasteiger partial charge in [0.15, 0.2) is 5.82 Å². The normalized spacial score (nSPS) is 12.6. The molecule has 0 radical (unpaired) electrons. The topological polar surface area (TPSA) is 35.2 Å². The summed E-state index contributed by atoms with van der Waals surface area (Å²) in [6, 6.07) is 2.86. The van der Waals surface area contributed by atoms with Gasteiger partial charge in [0, 0.05) is 11.1 Å². The van der Waals surface area contributed by atoms with Crippen molar-refractivity contribution < 1.29 is 8.82 Å². The van der Waals surface area contributed by atoms with Crippen LogP contribution >= 0.6 is 11.6 Å². The Morgan fingerprint density at radius 1 is 1.29 bits per heavy atom. The van der Waals surface area contributed by atoms with E-state index in [1.54, 1.807) is 0 Å². The molecule has 17 heavy (non-hydrogen) atoms. The van der Waals surface area contributed by atoms with Crippen molar-refractivity contribution in [3.05, 3.63) is 23.0 Å². The predicted molar refractivity (Wildman–Crippen MR) is 73.6 cm³/mol. The van der Waals surface area contributed by atoms with Crippen LogP contribution in [0.15, 0.2) is 12.1 Å². The van der Waals surface area contributed by atoms with Gasteiger partial charge in [0.2, 0.25) is 0 Å². The molecule has 1 rings (SSSR count). The molecule has 0 aliphatic rings. The lowest BCUT2D eigenvalue weighted by Gasteiger charge is -2.36. The largest absolute Gasteiger partial charge is 0.541 e. The smallest absolute Gasteiger partial charge is 0.250 e. The van der Waals surface area contributed by atoms with E-state index < -0.39 is 14.1 Å². The Morgan fingerprint density at radius 2 is 1.82 bits per heavy atom. The van der Waals surface area contributed by atoms with Crippen molar-refractivity contribution in [3.63, 3.8) is 0 Å². The second-order valence-electron chi connectivity index (χ2n) is 5.67. The zero-order chi connectivity index (χ0) is 13.4. The fourth-order valence-corrected chi connectivity index (χ4v) is 2.31. The van der Waals surface area contributed by atoms with Gasteiger partial charge in [0.05, 0.1) is 5.69 Å². The Labute approximate surface area is 108 Å². The van der Waals surface area contributed by atoms with Crippen LogP contribution in [0.2, 0.25) is 23.2 Å². The number of rotatable bonds is 2. The average Bonchev–Trinajstić information content (AvgIpc) is 2.11. The van der Waals surface area contributed by atoms with E-state index in [0.29, 0.717) is 5.02 Å².